The van der Waals surface area contributed by atoms with Crippen molar-refractivity contribution in [3.63, 3.8) is 0 Å². The minimum Gasteiger partial charge on any atom is -0.307 e. The van der Waals surface area contributed by atoms with Crippen molar-refractivity contribution in [2.24, 2.45) is 23.2 Å². The van der Waals surface area contributed by atoms with E-state index in [0.29, 0.717) is 28.9 Å². The molecule has 5 heteroatoms. The molecule has 4 aliphatic rings. The van der Waals surface area contributed by atoms with Gasteiger partial charge in [-0.15, -0.1) is 0 Å². The first-order chi connectivity index (χ1) is 12.7. The van der Waals surface area contributed by atoms with Gasteiger partial charge in [0.05, 0.1) is 22.7 Å². The van der Waals surface area contributed by atoms with E-state index in [0.717, 1.165) is 36.2 Å². The maximum atomic E-state index is 13.0. The summed E-state index contributed by atoms with van der Waals surface area (Å²) in [6, 6.07) is 8.20. The number of hydrogen-bond donors (Lipinski definition) is 1. The molecule has 4 unspecified atom stereocenters. The zero-order valence-corrected chi connectivity index (χ0v) is 14.7. The molecule has 4 aliphatic carbocycles. The molecule has 5 nitrogen and oxygen atoms in total. The SMILES string of the molecule is N#Cc1ccc2nc(NC(=O)C3CC4CC45CCC35)n(C3CCC3)c2c1. The minimum atomic E-state index is 0.165. The number of fused-ring (bicyclic) bond motifs is 1. The average Bonchev–Trinajstić information content (AvgIpc) is 3.17. The lowest BCUT2D eigenvalue weighted by molar-refractivity contribution is -0.123. The van der Waals surface area contributed by atoms with Crippen molar-refractivity contribution < 1.29 is 4.79 Å². The first-order valence-electron chi connectivity index (χ1n) is 9.92. The molecule has 1 aromatic heterocycles. The molecule has 4 atom stereocenters. The number of rotatable bonds is 3. The molecule has 26 heavy (non-hydrogen) atoms. The summed E-state index contributed by atoms with van der Waals surface area (Å²) in [7, 11) is 0. The van der Waals surface area contributed by atoms with Crippen molar-refractivity contribution >= 4 is 22.9 Å². The van der Waals surface area contributed by atoms with Gasteiger partial charge in [-0.1, -0.05) is 0 Å². The highest BCUT2D eigenvalue weighted by Crippen LogP contribution is 2.77. The average molecular weight is 346 g/mol. The van der Waals surface area contributed by atoms with Gasteiger partial charge < -0.3 is 4.57 Å². The van der Waals surface area contributed by atoms with E-state index < -0.39 is 0 Å². The Balaban J connectivity index is 1.35. The molecule has 0 radical (unpaired) electrons. The molecule has 1 heterocycles. The van der Waals surface area contributed by atoms with Crippen molar-refractivity contribution in [2.75, 3.05) is 5.32 Å². The van der Waals surface area contributed by atoms with Crippen LogP contribution in [0.5, 0.6) is 0 Å². The summed E-state index contributed by atoms with van der Waals surface area (Å²) in [5, 5.41) is 12.4. The third-order valence-electron chi connectivity index (χ3n) is 7.79. The van der Waals surface area contributed by atoms with Gasteiger partial charge in [-0.3, -0.25) is 10.1 Å². The van der Waals surface area contributed by atoms with E-state index >= 15 is 0 Å². The molecule has 4 saturated carbocycles. The summed E-state index contributed by atoms with van der Waals surface area (Å²) in [5.74, 6) is 2.43. The lowest BCUT2D eigenvalue weighted by atomic mass is 9.67. The number of nitrogens with zero attached hydrogens (tertiary/aromatic N) is 3. The van der Waals surface area contributed by atoms with E-state index in [-0.39, 0.29) is 11.8 Å². The highest BCUT2D eigenvalue weighted by atomic mass is 16.2. The van der Waals surface area contributed by atoms with E-state index in [2.05, 4.69) is 16.0 Å². The van der Waals surface area contributed by atoms with Crippen molar-refractivity contribution in [2.45, 2.75) is 51.0 Å². The van der Waals surface area contributed by atoms with Crippen LogP contribution in [0.4, 0.5) is 5.95 Å². The zero-order valence-electron chi connectivity index (χ0n) is 14.7. The van der Waals surface area contributed by atoms with E-state index in [1.807, 2.05) is 12.1 Å². The predicted octanol–water partition coefficient (Wildman–Crippen LogP) is 4.01. The molecule has 0 aliphatic heterocycles. The fourth-order valence-corrected chi connectivity index (χ4v) is 5.99. The van der Waals surface area contributed by atoms with Gasteiger partial charge in [-0.2, -0.15) is 5.26 Å². The highest BCUT2D eigenvalue weighted by molar-refractivity contribution is 5.94. The van der Waals surface area contributed by atoms with Gasteiger partial charge in [0.25, 0.3) is 0 Å². The molecular weight excluding hydrogens is 324 g/mol. The lowest BCUT2D eigenvalue weighted by Crippen LogP contribution is -2.37. The number of imidazole rings is 1. The molecule has 1 aromatic carbocycles. The van der Waals surface area contributed by atoms with Gasteiger partial charge in [-0.25, -0.2) is 4.98 Å². The van der Waals surface area contributed by atoms with E-state index in [1.54, 1.807) is 6.07 Å². The van der Waals surface area contributed by atoms with E-state index in [4.69, 9.17) is 4.98 Å². The van der Waals surface area contributed by atoms with Crippen molar-refractivity contribution in [1.82, 2.24) is 9.55 Å². The van der Waals surface area contributed by atoms with Gasteiger partial charge in [0, 0.05) is 12.0 Å². The molecule has 1 amide bonds. The van der Waals surface area contributed by atoms with Crippen LogP contribution in [0, 0.1) is 34.5 Å². The molecule has 0 saturated heterocycles. The van der Waals surface area contributed by atoms with Gasteiger partial charge in [0.15, 0.2) is 0 Å². The molecule has 4 fully saturated rings. The van der Waals surface area contributed by atoms with Crippen molar-refractivity contribution in [3.05, 3.63) is 23.8 Å². The maximum absolute atomic E-state index is 13.0. The Kier molecular flexibility index (Phi) is 2.77. The number of anilines is 1. The first kappa shape index (κ1) is 14.8. The molecule has 1 N–H and O–H groups in total. The van der Waals surface area contributed by atoms with Crippen LogP contribution in [0.1, 0.15) is 56.6 Å². The second kappa shape index (κ2) is 4.88. The molecule has 0 bridgehead atoms. The number of carbonyl (C=O) groups is 1. The number of nitrogens with one attached hydrogen (secondary N) is 1. The van der Waals surface area contributed by atoms with Gasteiger partial charge in [0.2, 0.25) is 11.9 Å². The van der Waals surface area contributed by atoms with E-state index in [9.17, 15) is 10.1 Å². The summed E-state index contributed by atoms with van der Waals surface area (Å²) in [6.45, 7) is 0. The van der Waals surface area contributed by atoms with Crippen LogP contribution < -0.4 is 5.32 Å². The number of aromatic nitrogens is 2. The molecule has 1 spiro atoms. The summed E-state index contributed by atoms with van der Waals surface area (Å²) < 4.78 is 2.17. The van der Waals surface area contributed by atoms with Gasteiger partial charge in [0.1, 0.15) is 0 Å². The van der Waals surface area contributed by atoms with Crippen LogP contribution in [-0.4, -0.2) is 15.5 Å². The molecular formula is C21H22N4O. The minimum absolute atomic E-state index is 0.165. The summed E-state index contributed by atoms with van der Waals surface area (Å²) >= 11 is 0. The Morgan fingerprint density at radius 2 is 2.23 bits per heavy atom. The Hall–Kier alpha value is -2.35. The Bertz CT molecular complexity index is 978. The zero-order chi connectivity index (χ0) is 17.5. The smallest absolute Gasteiger partial charge is 0.230 e. The predicted molar refractivity (Wildman–Crippen MR) is 97.3 cm³/mol. The normalized spacial score (nSPS) is 34.3. The Labute approximate surface area is 152 Å². The second-order valence-electron chi connectivity index (χ2n) is 8.82. The fourth-order valence-electron chi connectivity index (χ4n) is 5.99. The van der Waals surface area contributed by atoms with Crippen molar-refractivity contribution in [3.8, 4) is 6.07 Å². The summed E-state index contributed by atoms with van der Waals surface area (Å²) in [4.78, 5) is 17.7. The number of amides is 1. The van der Waals surface area contributed by atoms with Crippen LogP contribution in [-0.2, 0) is 4.79 Å². The van der Waals surface area contributed by atoms with E-state index in [1.165, 1.54) is 25.7 Å². The lowest BCUT2D eigenvalue weighted by Gasteiger charge is -2.38. The maximum Gasteiger partial charge on any atom is 0.230 e. The first-order valence-corrected chi connectivity index (χ1v) is 9.92. The van der Waals surface area contributed by atoms with Crippen LogP contribution in [0.3, 0.4) is 0 Å². The van der Waals surface area contributed by atoms with Gasteiger partial charge >= 0.3 is 0 Å². The van der Waals surface area contributed by atoms with Crippen LogP contribution in [0.2, 0.25) is 0 Å². The van der Waals surface area contributed by atoms with Crippen LogP contribution >= 0.6 is 0 Å². The highest BCUT2D eigenvalue weighted by Gasteiger charge is 2.71. The van der Waals surface area contributed by atoms with Gasteiger partial charge in [-0.05, 0) is 80.4 Å². The second-order valence-corrected chi connectivity index (χ2v) is 8.82. The number of benzene rings is 1. The van der Waals surface area contributed by atoms with Crippen LogP contribution in [0.25, 0.3) is 11.0 Å². The third-order valence-corrected chi connectivity index (χ3v) is 7.79. The largest absolute Gasteiger partial charge is 0.307 e. The molecule has 132 valence electrons. The molecule has 6 rings (SSSR count). The molecule has 2 aromatic rings. The number of hydrogen-bond acceptors (Lipinski definition) is 3. The number of carbonyl (C=O) groups excluding carboxylic acids is 1. The Morgan fingerprint density at radius 3 is 2.88 bits per heavy atom. The summed E-state index contributed by atoms with van der Waals surface area (Å²) in [6.07, 6.45) is 8.43. The summed E-state index contributed by atoms with van der Waals surface area (Å²) in [5.41, 5.74) is 3.03. The topological polar surface area (TPSA) is 70.7 Å². The third kappa shape index (κ3) is 1.80. The Morgan fingerprint density at radius 1 is 1.35 bits per heavy atom. The monoisotopic (exact) mass is 346 g/mol. The quantitative estimate of drug-likeness (QED) is 0.913. The van der Waals surface area contributed by atoms with Crippen LogP contribution in [0.15, 0.2) is 18.2 Å². The standard InChI is InChI=1S/C21H22N4O/c22-11-12-4-5-17-18(8-12)25(14-2-1-3-14)20(23-17)24-19(26)15-9-13-10-21(13)7-6-16(15)21/h4-5,8,13-16H,1-3,6-7,9-10H2,(H,23,24,26). The van der Waals surface area contributed by atoms with Crippen molar-refractivity contribution in [1.29, 1.82) is 5.26 Å². The fraction of sp³-hybridized carbons (Fsp3) is 0.571. The number of nitriles is 1.